The Labute approximate surface area is 170 Å². The van der Waals surface area contributed by atoms with Crippen LogP contribution in [0.4, 0.5) is 8.78 Å². The molecule has 30 heavy (non-hydrogen) atoms. The maximum absolute atomic E-state index is 14.2. The van der Waals surface area contributed by atoms with Crippen LogP contribution in [0.2, 0.25) is 0 Å². The molecule has 7 nitrogen and oxygen atoms in total. The summed E-state index contributed by atoms with van der Waals surface area (Å²) in [4.78, 5) is 39.5. The Bertz CT molecular complexity index is 1110. The minimum absolute atomic E-state index is 0.0686. The number of halogens is 2. The van der Waals surface area contributed by atoms with Crippen molar-refractivity contribution in [1.29, 1.82) is 0 Å². The molecule has 4 rings (SSSR count). The number of pyridine rings is 1. The van der Waals surface area contributed by atoms with Crippen molar-refractivity contribution in [3.8, 4) is 5.75 Å². The molecule has 2 aliphatic rings. The van der Waals surface area contributed by atoms with Crippen LogP contribution in [0, 0.1) is 18.6 Å². The standard InChI is InChI=1S/C21H21F2N3O4/c1-11-15(22)6-5-12(16(11)23)8-24-20(29)14-10-26-13-4-2-3-7-25(9-13)21(30)17(26)19(28)18(14)27/h5-6,10,13,28H,2-4,7-9H2,1H3,(H,24,29)/t13-/m0/s1. The maximum atomic E-state index is 14.2. The summed E-state index contributed by atoms with van der Waals surface area (Å²) in [6, 6.07) is 2.17. The van der Waals surface area contributed by atoms with E-state index in [9.17, 15) is 28.3 Å². The monoisotopic (exact) mass is 417 g/mol. The summed E-state index contributed by atoms with van der Waals surface area (Å²) in [7, 11) is 0. The van der Waals surface area contributed by atoms with Crippen molar-refractivity contribution < 1.29 is 23.5 Å². The molecule has 0 saturated carbocycles. The summed E-state index contributed by atoms with van der Waals surface area (Å²) in [5.41, 5.74) is -1.48. The number of nitrogens with zero attached hydrogens (tertiary/aromatic N) is 2. The number of aromatic nitrogens is 1. The lowest BCUT2D eigenvalue weighted by Crippen LogP contribution is -2.44. The van der Waals surface area contributed by atoms with Gasteiger partial charge >= 0.3 is 0 Å². The normalized spacial score (nSPS) is 18.0. The van der Waals surface area contributed by atoms with Crippen molar-refractivity contribution in [3.63, 3.8) is 0 Å². The molecule has 158 valence electrons. The van der Waals surface area contributed by atoms with Gasteiger partial charge in [0.05, 0.1) is 6.04 Å². The summed E-state index contributed by atoms with van der Waals surface area (Å²) < 4.78 is 29.1. The highest BCUT2D eigenvalue weighted by molar-refractivity contribution is 5.99. The average molecular weight is 417 g/mol. The van der Waals surface area contributed by atoms with E-state index in [0.29, 0.717) is 13.1 Å². The smallest absolute Gasteiger partial charge is 0.274 e. The Morgan fingerprint density at radius 2 is 2.03 bits per heavy atom. The number of hydrogen-bond acceptors (Lipinski definition) is 4. The summed E-state index contributed by atoms with van der Waals surface area (Å²) in [5, 5.41) is 12.9. The topological polar surface area (TPSA) is 91.6 Å². The lowest BCUT2D eigenvalue weighted by atomic mass is 10.1. The number of carbonyl (C=O) groups is 2. The SMILES string of the molecule is Cc1c(F)ccc(CNC(=O)c2cn3c(c(O)c2=O)C(=O)N2CCCC[C@H]3C2)c1F. The second-order valence-corrected chi connectivity index (χ2v) is 7.71. The predicted octanol–water partition coefficient (Wildman–Crippen LogP) is 2.25. The van der Waals surface area contributed by atoms with Gasteiger partial charge in [-0.25, -0.2) is 8.78 Å². The Kier molecular flexibility index (Phi) is 5.05. The fourth-order valence-corrected chi connectivity index (χ4v) is 4.09. The molecule has 1 aromatic heterocycles. The molecule has 2 bridgehead atoms. The van der Waals surface area contributed by atoms with E-state index >= 15 is 0 Å². The highest BCUT2D eigenvalue weighted by Gasteiger charge is 2.36. The van der Waals surface area contributed by atoms with Gasteiger partial charge in [0.2, 0.25) is 5.43 Å². The van der Waals surface area contributed by atoms with Gasteiger partial charge in [0, 0.05) is 37.0 Å². The number of fused-ring (bicyclic) bond motifs is 4. The van der Waals surface area contributed by atoms with Gasteiger partial charge in [0.15, 0.2) is 11.4 Å². The van der Waals surface area contributed by atoms with Crippen molar-refractivity contribution in [3.05, 3.63) is 62.6 Å². The molecule has 1 saturated heterocycles. The van der Waals surface area contributed by atoms with Gasteiger partial charge < -0.3 is 19.9 Å². The number of carbonyl (C=O) groups excluding carboxylic acids is 2. The molecule has 0 spiro atoms. The molecule has 0 radical (unpaired) electrons. The highest BCUT2D eigenvalue weighted by Crippen LogP contribution is 2.31. The summed E-state index contributed by atoms with van der Waals surface area (Å²) in [5.74, 6) is -3.46. The van der Waals surface area contributed by atoms with Gasteiger partial charge in [0.25, 0.3) is 11.8 Å². The number of benzene rings is 1. The highest BCUT2D eigenvalue weighted by atomic mass is 19.1. The number of amides is 2. The summed E-state index contributed by atoms with van der Waals surface area (Å²) in [6.45, 7) is 2.05. The van der Waals surface area contributed by atoms with Crippen LogP contribution in [0.3, 0.4) is 0 Å². The third-order valence-electron chi connectivity index (χ3n) is 5.82. The summed E-state index contributed by atoms with van der Waals surface area (Å²) in [6.07, 6.45) is 3.76. The molecule has 3 heterocycles. The zero-order valence-electron chi connectivity index (χ0n) is 16.4. The molecule has 2 aromatic rings. The zero-order chi connectivity index (χ0) is 21.6. The van der Waals surface area contributed by atoms with E-state index in [1.54, 1.807) is 4.90 Å². The average Bonchev–Trinajstić information content (AvgIpc) is 2.95. The molecule has 0 unspecified atom stereocenters. The van der Waals surface area contributed by atoms with Crippen molar-refractivity contribution in [2.75, 3.05) is 13.1 Å². The van der Waals surface area contributed by atoms with Crippen LogP contribution in [-0.4, -0.2) is 39.5 Å². The number of nitrogens with one attached hydrogen (secondary N) is 1. The Balaban J connectivity index is 1.66. The van der Waals surface area contributed by atoms with Gasteiger partial charge in [-0.1, -0.05) is 6.07 Å². The fourth-order valence-electron chi connectivity index (χ4n) is 4.09. The van der Waals surface area contributed by atoms with Crippen LogP contribution in [0.25, 0.3) is 0 Å². The second kappa shape index (κ2) is 7.55. The van der Waals surface area contributed by atoms with Gasteiger partial charge in [-0.3, -0.25) is 14.4 Å². The van der Waals surface area contributed by atoms with Crippen LogP contribution in [0.5, 0.6) is 5.75 Å². The van der Waals surface area contributed by atoms with Gasteiger partial charge in [-0.15, -0.1) is 0 Å². The minimum Gasteiger partial charge on any atom is -0.503 e. The van der Waals surface area contributed by atoms with E-state index in [-0.39, 0.29) is 35.0 Å². The first-order valence-corrected chi connectivity index (χ1v) is 9.78. The van der Waals surface area contributed by atoms with Crippen LogP contribution >= 0.6 is 0 Å². The molecule has 2 aliphatic heterocycles. The molecule has 2 N–H and O–H groups in total. The molecular weight excluding hydrogens is 396 g/mol. The molecular formula is C21H21F2N3O4. The predicted molar refractivity (Wildman–Crippen MR) is 103 cm³/mol. The van der Waals surface area contributed by atoms with Gasteiger partial charge in [-0.05, 0) is 32.3 Å². The quantitative estimate of drug-likeness (QED) is 0.802. The lowest BCUT2D eigenvalue weighted by Gasteiger charge is -2.34. The molecule has 9 heteroatoms. The van der Waals surface area contributed by atoms with E-state index in [1.165, 1.54) is 23.8 Å². The van der Waals surface area contributed by atoms with E-state index in [4.69, 9.17) is 0 Å². The third kappa shape index (κ3) is 3.24. The zero-order valence-corrected chi connectivity index (χ0v) is 16.4. The van der Waals surface area contributed by atoms with E-state index < -0.39 is 34.6 Å². The van der Waals surface area contributed by atoms with Crippen molar-refractivity contribution in [2.45, 2.75) is 38.8 Å². The molecule has 1 aromatic carbocycles. The largest absolute Gasteiger partial charge is 0.503 e. The number of rotatable bonds is 3. The van der Waals surface area contributed by atoms with Crippen molar-refractivity contribution in [2.24, 2.45) is 0 Å². The number of hydrogen-bond donors (Lipinski definition) is 2. The van der Waals surface area contributed by atoms with Crippen LogP contribution in [0.1, 0.15) is 57.3 Å². The Morgan fingerprint density at radius 1 is 1.27 bits per heavy atom. The Morgan fingerprint density at radius 3 is 2.80 bits per heavy atom. The second-order valence-electron chi connectivity index (χ2n) is 7.71. The third-order valence-corrected chi connectivity index (χ3v) is 5.82. The first kappa shape index (κ1) is 20.1. The van der Waals surface area contributed by atoms with E-state index in [1.807, 2.05) is 0 Å². The molecule has 0 aliphatic carbocycles. The van der Waals surface area contributed by atoms with Crippen LogP contribution in [-0.2, 0) is 6.54 Å². The number of aromatic hydroxyl groups is 1. The van der Waals surface area contributed by atoms with Crippen LogP contribution in [0.15, 0.2) is 23.1 Å². The van der Waals surface area contributed by atoms with Gasteiger partial charge in [0.1, 0.15) is 17.2 Å². The van der Waals surface area contributed by atoms with Crippen molar-refractivity contribution >= 4 is 11.8 Å². The first-order valence-electron chi connectivity index (χ1n) is 9.78. The van der Waals surface area contributed by atoms with Crippen LogP contribution < -0.4 is 10.7 Å². The maximum Gasteiger partial charge on any atom is 0.274 e. The van der Waals surface area contributed by atoms with E-state index in [0.717, 1.165) is 25.3 Å². The molecule has 1 fully saturated rings. The van der Waals surface area contributed by atoms with Crippen molar-refractivity contribution in [1.82, 2.24) is 14.8 Å². The van der Waals surface area contributed by atoms with E-state index in [2.05, 4.69) is 5.32 Å². The molecule has 2 amide bonds. The fraction of sp³-hybridized carbons (Fsp3) is 0.381. The minimum atomic E-state index is -0.956. The lowest BCUT2D eigenvalue weighted by molar-refractivity contribution is 0.0677. The first-order chi connectivity index (χ1) is 14.3. The Hall–Kier alpha value is -3.23. The van der Waals surface area contributed by atoms with Gasteiger partial charge in [-0.2, -0.15) is 0 Å². The molecule has 1 atom stereocenters. The summed E-state index contributed by atoms with van der Waals surface area (Å²) >= 11 is 0.